The Hall–Kier alpha value is -1.33. The van der Waals surface area contributed by atoms with Crippen LogP contribution in [0, 0.1) is 5.82 Å². The molecule has 1 aromatic carbocycles. The first-order valence-corrected chi connectivity index (χ1v) is 7.14. The summed E-state index contributed by atoms with van der Waals surface area (Å²) >= 11 is 0. The Labute approximate surface area is 130 Å². The monoisotopic (exact) mass is 316 g/mol. The van der Waals surface area contributed by atoms with Crippen LogP contribution in [0.5, 0.6) is 5.75 Å². The van der Waals surface area contributed by atoms with E-state index in [0.29, 0.717) is 24.5 Å². The number of rotatable bonds is 6. The third-order valence-electron chi connectivity index (χ3n) is 3.27. The molecule has 2 rings (SSSR count). The molecular formula is C15H22ClFN2O2. The van der Waals surface area contributed by atoms with E-state index in [1.165, 1.54) is 12.1 Å². The van der Waals surface area contributed by atoms with Crippen LogP contribution in [0.15, 0.2) is 18.2 Å². The summed E-state index contributed by atoms with van der Waals surface area (Å²) in [6.07, 6.45) is 3.40. The maximum absolute atomic E-state index is 13.2. The molecule has 4 nitrogen and oxygen atoms in total. The first kappa shape index (κ1) is 17.7. The molecule has 1 heterocycles. The molecule has 0 saturated carbocycles. The van der Waals surface area contributed by atoms with Crippen LogP contribution in [0.25, 0.3) is 0 Å². The predicted molar refractivity (Wildman–Crippen MR) is 83.7 cm³/mol. The van der Waals surface area contributed by atoms with Gasteiger partial charge in [-0.2, -0.15) is 0 Å². The zero-order valence-electron chi connectivity index (χ0n) is 12.2. The summed E-state index contributed by atoms with van der Waals surface area (Å²) in [7, 11) is 0. The van der Waals surface area contributed by atoms with Crippen LogP contribution in [0.3, 0.4) is 0 Å². The first-order chi connectivity index (χ1) is 9.69. The highest BCUT2D eigenvalue weighted by Crippen LogP contribution is 2.26. The van der Waals surface area contributed by atoms with Crippen molar-refractivity contribution in [2.24, 2.45) is 0 Å². The van der Waals surface area contributed by atoms with Gasteiger partial charge < -0.3 is 15.4 Å². The summed E-state index contributed by atoms with van der Waals surface area (Å²) < 4.78 is 18.7. The summed E-state index contributed by atoms with van der Waals surface area (Å²) in [5.74, 6) is -0.0523. The van der Waals surface area contributed by atoms with E-state index in [-0.39, 0.29) is 30.2 Å². The standard InChI is InChI=1S/C15H21FN2O2.ClH/c1-2-8-20-14-9-11(16)5-6-13(14)18-15(19)10-12-4-3-7-17-12;/h5-6,9,12,17H,2-4,7-8,10H2,1H3,(H,18,19);1H. The molecule has 118 valence electrons. The fourth-order valence-corrected chi connectivity index (χ4v) is 2.29. The molecule has 1 saturated heterocycles. The zero-order chi connectivity index (χ0) is 14.4. The van der Waals surface area contributed by atoms with E-state index in [4.69, 9.17) is 4.74 Å². The van der Waals surface area contributed by atoms with Gasteiger partial charge in [-0.1, -0.05) is 6.92 Å². The minimum absolute atomic E-state index is 0. The Morgan fingerprint density at radius 2 is 2.33 bits per heavy atom. The molecule has 1 atom stereocenters. The van der Waals surface area contributed by atoms with Crippen molar-refractivity contribution in [3.63, 3.8) is 0 Å². The third kappa shape index (κ3) is 5.52. The topological polar surface area (TPSA) is 50.4 Å². The van der Waals surface area contributed by atoms with Gasteiger partial charge in [-0.25, -0.2) is 4.39 Å². The average molecular weight is 317 g/mol. The fraction of sp³-hybridized carbons (Fsp3) is 0.533. The van der Waals surface area contributed by atoms with Gasteiger partial charge in [-0.3, -0.25) is 4.79 Å². The SMILES string of the molecule is CCCOc1cc(F)ccc1NC(=O)CC1CCCN1.Cl. The number of amides is 1. The smallest absolute Gasteiger partial charge is 0.226 e. The van der Waals surface area contributed by atoms with Gasteiger partial charge in [0.2, 0.25) is 5.91 Å². The van der Waals surface area contributed by atoms with Gasteiger partial charge in [0.1, 0.15) is 11.6 Å². The zero-order valence-corrected chi connectivity index (χ0v) is 13.0. The van der Waals surface area contributed by atoms with Crippen LogP contribution in [0.4, 0.5) is 10.1 Å². The lowest BCUT2D eigenvalue weighted by Gasteiger charge is -2.14. The summed E-state index contributed by atoms with van der Waals surface area (Å²) in [6, 6.07) is 4.41. The number of ether oxygens (including phenoxy) is 1. The Morgan fingerprint density at radius 3 is 3.00 bits per heavy atom. The van der Waals surface area contributed by atoms with Crippen LogP contribution in [0.1, 0.15) is 32.6 Å². The third-order valence-corrected chi connectivity index (χ3v) is 3.27. The quantitative estimate of drug-likeness (QED) is 0.848. The van der Waals surface area contributed by atoms with Crippen molar-refractivity contribution in [3.8, 4) is 5.75 Å². The minimum atomic E-state index is -0.369. The second kappa shape index (κ2) is 8.85. The van der Waals surface area contributed by atoms with Gasteiger partial charge in [0.25, 0.3) is 0 Å². The van der Waals surface area contributed by atoms with Gasteiger partial charge >= 0.3 is 0 Å². The van der Waals surface area contributed by atoms with Crippen LogP contribution in [-0.4, -0.2) is 25.1 Å². The molecule has 0 spiro atoms. The Kier molecular flexibility index (Phi) is 7.47. The molecule has 2 N–H and O–H groups in total. The van der Waals surface area contributed by atoms with E-state index in [1.807, 2.05) is 6.92 Å². The molecule has 6 heteroatoms. The number of hydrogen-bond donors (Lipinski definition) is 2. The van der Waals surface area contributed by atoms with E-state index in [9.17, 15) is 9.18 Å². The predicted octanol–water partition coefficient (Wildman–Crippen LogP) is 3.12. The largest absolute Gasteiger partial charge is 0.491 e. The highest BCUT2D eigenvalue weighted by Gasteiger charge is 2.18. The van der Waals surface area contributed by atoms with Crippen LogP contribution in [0.2, 0.25) is 0 Å². The molecule has 1 fully saturated rings. The van der Waals surface area contributed by atoms with E-state index in [1.54, 1.807) is 6.07 Å². The number of halogens is 2. The van der Waals surface area contributed by atoms with Crippen molar-refractivity contribution in [2.45, 2.75) is 38.6 Å². The van der Waals surface area contributed by atoms with Crippen molar-refractivity contribution >= 4 is 24.0 Å². The van der Waals surface area contributed by atoms with E-state index in [2.05, 4.69) is 10.6 Å². The number of nitrogens with one attached hydrogen (secondary N) is 2. The lowest BCUT2D eigenvalue weighted by molar-refractivity contribution is -0.116. The molecule has 1 amide bonds. The normalized spacial score (nSPS) is 17.1. The number of benzene rings is 1. The van der Waals surface area contributed by atoms with Crippen LogP contribution in [-0.2, 0) is 4.79 Å². The second-order valence-corrected chi connectivity index (χ2v) is 5.03. The Balaban J connectivity index is 0.00000220. The lowest BCUT2D eigenvalue weighted by atomic mass is 10.1. The summed E-state index contributed by atoms with van der Waals surface area (Å²) in [5, 5.41) is 6.08. The molecule has 0 aliphatic carbocycles. The van der Waals surface area contributed by atoms with Crippen molar-refractivity contribution in [1.29, 1.82) is 0 Å². The van der Waals surface area contributed by atoms with Gasteiger partial charge in [0, 0.05) is 18.5 Å². The lowest BCUT2D eigenvalue weighted by Crippen LogP contribution is -2.27. The van der Waals surface area contributed by atoms with Crippen LogP contribution < -0.4 is 15.4 Å². The van der Waals surface area contributed by atoms with E-state index >= 15 is 0 Å². The van der Waals surface area contributed by atoms with E-state index in [0.717, 1.165) is 25.8 Å². The minimum Gasteiger partial charge on any atom is -0.491 e. The summed E-state index contributed by atoms with van der Waals surface area (Å²) in [6.45, 7) is 3.44. The van der Waals surface area contributed by atoms with Crippen molar-refractivity contribution < 1.29 is 13.9 Å². The molecule has 0 radical (unpaired) electrons. The highest BCUT2D eigenvalue weighted by atomic mass is 35.5. The number of carbonyl (C=O) groups is 1. The molecule has 1 aliphatic rings. The van der Waals surface area contributed by atoms with Crippen molar-refractivity contribution in [2.75, 3.05) is 18.5 Å². The van der Waals surface area contributed by atoms with Gasteiger partial charge in [0.15, 0.2) is 0 Å². The van der Waals surface area contributed by atoms with Gasteiger partial charge in [0.05, 0.1) is 12.3 Å². The number of hydrogen-bond acceptors (Lipinski definition) is 3. The van der Waals surface area contributed by atoms with Crippen LogP contribution >= 0.6 is 12.4 Å². The Bertz CT molecular complexity index is 465. The molecule has 0 aromatic heterocycles. The van der Waals surface area contributed by atoms with Gasteiger partial charge in [-0.15, -0.1) is 12.4 Å². The fourth-order valence-electron chi connectivity index (χ4n) is 2.29. The maximum atomic E-state index is 13.2. The number of carbonyl (C=O) groups excluding carboxylic acids is 1. The van der Waals surface area contributed by atoms with Crippen molar-refractivity contribution in [1.82, 2.24) is 5.32 Å². The summed E-state index contributed by atoms with van der Waals surface area (Å²) in [4.78, 5) is 12.0. The molecule has 1 unspecified atom stereocenters. The highest BCUT2D eigenvalue weighted by molar-refractivity contribution is 5.92. The Morgan fingerprint density at radius 1 is 1.52 bits per heavy atom. The summed E-state index contributed by atoms with van der Waals surface area (Å²) in [5.41, 5.74) is 0.530. The molecular weight excluding hydrogens is 295 g/mol. The van der Waals surface area contributed by atoms with Crippen molar-refractivity contribution in [3.05, 3.63) is 24.0 Å². The molecule has 21 heavy (non-hydrogen) atoms. The number of anilines is 1. The average Bonchev–Trinajstić information content (AvgIpc) is 2.91. The van der Waals surface area contributed by atoms with Gasteiger partial charge in [-0.05, 0) is 37.9 Å². The molecule has 1 aliphatic heterocycles. The first-order valence-electron chi connectivity index (χ1n) is 7.14. The second-order valence-electron chi connectivity index (χ2n) is 5.03. The maximum Gasteiger partial charge on any atom is 0.226 e. The van der Waals surface area contributed by atoms with E-state index < -0.39 is 0 Å². The molecule has 1 aromatic rings. The molecule has 0 bridgehead atoms.